The molecule has 1 amide bonds. The summed E-state index contributed by atoms with van der Waals surface area (Å²) in [5.74, 6) is -0.100. The van der Waals surface area contributed by atoms with Crippen molar-refractivity contribution in [3.63, 3.8) is 0 Å². The first-order valence-corrected chi connectivity index (χ1v) is 5.95. The number of hydrogen-bond acceptors (Lipinski definition) is 2. The van der Waals surface area contributed by atoms with Gasteiger partial charge in [0.25, 0.3) is 5.91 Å². The van der Waals surface area contributed by atoms with Crippen LogP contribution in [0.2, 0.25) is 0 Å². The summed E-state index contributed by atoms with van der Waals surface area (Å²) in [6.45, 7) is 0.527. The van der Waals surface area contributed by atoms with Crippen LogP contribution in [0.1, 0.15) is 15.9 Å². The van der Waals surface area contributed by atoms with Crippen LogP contribution in [0.5, 0.6) is 0 Å². The number of carbonyl (C=O) groups is 1. The molecule has 2 heterocycles. The number of rotatable bonds is 3. The van der Waals surface area contributed by atoms with Crippen molar-refractivity contribution in [1.29, 1.82) is 0 Å². The summed E-state index contributed by atoms with van der Waals surface area (Å²) in [5, 5.41) is 2.85. The molecule has 4 nitrogen and oxygen atoms in total. The van der Waals surface area contributed by atoms with Crippen LogP contribution in [0.3, 0.4) is 0 Å². The zero-order valence-corrected chi connectivity index (χ0v) is 10.9. The summed E-state index contributed by atoms with van der Waals surface area (Å²) in [6.07, 6.45) is 5.52. The second kappa shape index (κ2) is 5.14. The lowest BCUT2D eigenvalue weighted by molar-refractivity contribution is 0.0950. The fourth-order valence-corrected chi connectivity index (χ4v) is 1.86. The zero-order chi connectivity index (χ0) is 12.3. The number of aryl methyl sites for hydroxylation is 1. The van der Waals surface area contributed by atoms with E-state index >= 15 is 0 Å². The third kappa shape index (κ3) is 3.17. The maximum atomic E-state index is 11.8. The molecule has 2 rings (SSSR count). The van der Waals surface area contributed by atoms with Crippen LogP contribution in [-0.4, -0.2) is 15.5 Å². The summed E-state index contributed by atoms with van der Waals surface area (Å²) in [4.78, 5) is 15.8. The van der Waals surface area contributed by atoms with E-state index in [1.54, 1.807) is 18.3 Å². The predicted molar refractivity (Wildman–Crippen MR) is 68.5 cm³/mol. The van der Waals surface area contributed by atoms with Crippen LogP contribution in [0.4, 0.5) is 0 Å². The second-order valence-corrected chi connectivity index (χ2v) is 4.55. The minimum atomic E-state index is -0.100. The van der Waals surface area contributed by atoms with Crippen LogP contribution in [-0.2, 0) is 13.6 Å². The van der Waals surface area contributed by atoms with E-state index in [4.69, 9.17) is 0 Å². The molecule has 0 aliphatic carbocycles. The first kappa shape index (κ1) is 11.9. The summed E-state index contributed by atoms with van der Waals surface area (Å²) < 4.78 is 2.61. The largest absolute Gasteiger partial charge is 0.357 e. The lowest BCUT2D eigenvalue weighted by atomic mass is 10.2. The Morgan fingerprint density at radius 3 is 3.00 bits per heavy atom. The van der Waals surface area contributed by atoms with Crippen molar-refractivity contribution in [3.8, 4) is 0 Å². The molecule has 5 heteroatoms. The molecule has 0 aliphatic heterocycles. The molecule has 0 unspecified atom stereocenters. The highest BCUT2D eigenvalue weighted by Gasteiger charge is 2.05. The van der Waals surface area contributed by atoms with Crippen LogP contribution in [0, 0.1) is 0 Å². The van der Waals surface area contributed by atoms with Gasteiger partial charge < -0.3 is 9.88 Å². The number of aromatic nitrogens is 2. The third-order valence-corrected chi connectivity index (χ3v) is 2.77. The van der Waals surface area contributed by atoms with Gasteiger partial charge in [-0.3, -0.25) is 4.79 Å². The number of halogens is 1. The van der Waals surface area contributed by atoms with Crippen molar-refractivity contribution in [2.75, 3.05) is 0 Å². The number of nitrogens with one attached hydrogen (secondary N) is 1. The maximum absolute atomic E-state index is 11.8. The van der Waals surface area contributed by atoms with Gasteiger partial charge in [-0.2, -0.15) is 0 Å². The number of pyridine rings is 1. The predicted octanol–water partition coefficient (Wildman–Crippen LogP) is 2.11. The minimum Gasteiger partial charge on any atom is -0.357 e. The van der Waals surface area contributed by atoms with Gasteiger partial charge in [-0.25, -0.2) is 4.98 Å². The normalized spacial score (nSPS) is 10.2. The van der Waals surface area contributed by atoms with Crippen molar-refractivity contribution in [1.82, 2.24) is 14.9 Å². The molecule has 0 fully saturated rings. The second-order valence-electron chi connectivity index (χ2n) is 3.74. The number of amides is 1. The maximum Gasteiger partial charge on any atom is 0.251 e. The van der Waals surface area contributed by atoms with E-state index in [0.29, 0.717) is 16.7 Å². The lowest BCUT2D eigenvalue weighted by Crippen LogP contribution is -2.22. The molecule has 0 spiro atoms. The van der Waals surface area contributed by atoms with Crippen molar-refractivity contribution in [3.05, 3.63) is 52.5 Å². The van der Waals surface area contributed by atoms with Crippen LogP contribution in [0.25, 0.3) is 0 Å². The van der Waals surface area contributed by atoms with E-state index in [9.17, 15) is 4.79 Å². The van der Waals surface area contributed by atoms with Gasteiger partial charge in [-0.1, -0.05) is 0 Å². The highest BCUT2D eigenvalue weighted by molar-refractivity contribution is 9.10. The molecule has 17 heavy (non-hydrogen) atoms. The summed E-state index contributed by atoms with van der Waals surface area (Å²) in [6, 6.07) is 5.36. The van der Waals surface area contributed by atoms with Crippen molar-refractivity contribution < 1.29 is 4.79 Å². The number of hydrogen-bond donors (Lipinski definition) is 1. The van der Waals surface area contributed by atoms with Gasteiger partial charge in [0, 0.05) is 37.7 Å². The first-order valence-electron chi connectivity index (χ1n) is 5.16. The quantitative estimate of drug-likeness (QED) is 0.881. The highest BCUT2D eigenvalue weighted by Crippen LogP contribution is 2.08. The zero-order valence-electron chi connectivity index (χ0n) is 9.35. The Labute approximate surface area is 108 Å². The molecule has 0 saturated carbocycles. The van der Waals surface area contributed by atoms with Crippen LogP contribution >= 0.6 is 15.9 Å². The van der Waals surface area contributed by atoms with E-state index in [1.807, 2.05) is 30.1 Å². The Bertz CT molecular complexity index is 536. The Kier molecular flexibility index (Phi) is 3.58. The summed E-state index contributed by atoms with van der Waals surface area (Å²) in [5.41, 5.74) is 1.68. The fourth-order valence-electron chi connectivity index (χ4n) is 1.49. The van der Waals surface area contributed by atoms with Crippen molar-refractivity contribution in [2.24, 2.45) is 7.05 Å². The average Bonchev–Trinajstić information content (AvgIpc) is 2.72. The molecule has 0 aromatic carbocycles. The summed E-state index contributed by atoms with van der Waals surface area (Å²) in [7, 11) is 1.95. The van der Waals surface area contributed by atoms with E-state index in [0.717, 1.165) is 5.56 Å². The lowest BCUT2D eigenvalue weighted by Gasteiger charge is -2.03. The Balaban J connectivity index is 1.98. The highest BCUT2D eigenvalue weighted by atomic mass is 79.9. The molecule has 2 aromatic heterocycles. The number of nitrogens with zero attached hydrogens (tertiary/aromatic N) is 2. The molecular formula is C12H12BrN3O. The molecule has 2 aromatic rings. The molecule has 1 N–H and O–H groups in total. The van der Waals surface area contributed by atoms with Gasteiger partial charge in [0.15, 0.2) is 0 Å². The molecule has 0 bridgehead atoms. The molecular weight excluding hydrogens is 282 g/mol. The van der Waals surface area contributed by atoms with E-state index in [1.165, 1.54) is 0 Å². The van der Waals surface area contributed by atoms with E-state index in [2.05, 4.69) is 26.2 Å². The minimum absolute atomic E-state index is 0.100. The molecule has 0 saturated heterocycles. The van der Waals surface area contributed by atoms with Crippen LogP contribution < -0.4 is 5.32 Å². The SMILES string of the molecule is Cn1ccc(CNC(=O)c2ccnc(Br)c2)c1. The molecule has 0 aliphatic rings. The Hall–Kier alpha value is -1.62. The number of carbonyl (C=O) groups excluding carboxylic acids is 1. The summed E-state index contributed by atoms with van der Waals surface area (Å²) >= 11 is 3.24. The fraction of sp³-hybridized carbons (Fsp3) is 0.167. The molecule has 0 radical (unpaired) electrons. The molecule has 0 atom stereocenters. The van der Waals surface area contributed by atoms with E-state index < -0.39 is 0 Å². The van der Waals surface area contributed by atoms with Crippen LogP contribution in [0.15, 0.2) is 41.4 Å². The van der Waals surface area contributed by atoms with Gasteiger partial charge in [0.1, 0.15) is 4.60 Å². The standard InChI is InChI=1S/C12H12BrN3O/c1-16-5-3-9(8-16)7-15-12(17)10-2-4-14-11(13)6-10/h2-6,8H,7H2,1H3,(H,15,17). The molecule has 88 valence electrons. The monoisotopic (exact) mass is 293 g/mol. The smallest absolute Gasteiger partial charge is 0.251 e. The van der Waals surface area contributed by atoms with Gasteiger partial charge in [-0.05, 0) is 39.7 Å². The van der Waals surface area contributed by atoms with Gasteiger partial charge in [0.2, 0.25) is 0 Å². The average molecular weight is 294 g/mol. The Morgan fingerprint density at radius 1 is 1.53 bits per heavy atom. The van der Waals surface area contributed by atoms with Gasteiger partial charge in [-0.15, -0.1) is 0 Å². The van der Waals surface area contributed by atoms with Gasteiger partial charge >= 0.3 is 0 Å². The van der Waals surface area contributed by atoms with Gasteiger partial charge in [0.05, 0.1) is 0 Å². The first-order chi connectivity index (χ1) is 8.15. The topological polar surface area (TPSA) is 46.9 Å². The Morgan fingerprint density at radius 2 is 2.35 bits per heavy atom. The van der Waals surface area contributed by atoms with Crippen molar-refractivity contribution in [2.45, 2.75) is 6.54 Å². The van der Waals surface area contributed by atoms with E-state index in [-0.39, 0.29) is 5.91 Å². The van der Waals surface area contributed by atoms with Crippen molar-refractivity contribution >= 4 is 21.8 Å². The third-order valence-electron chi connectivity index (χ3n) is 2.34.